The molecule has 0 spiro atoms. The lowest BCUT2D eigenvalue weighted by molar-refractivity contribution is 0.0516. The average Bonchev–Trinajstić information content (AvgIpc) is 2.90. The number of esters is 2. The number of carbonyl (C=O) groups excluding carboxylic acids is 3. The van der Waals surface area contributed by atoms with Gasteiger partial charge in [-0.1, -0.05) is 47.3 Å². The van der Waals surface area contributed by atoms with Gasteiger partial charge in [0.15, 0.2) is 16.1 Å². The largest absolute Gasteiger partial charge is 0.462 e. The first-order valence-corrected chi connectivity index (χ1v) is 13.8. The van der Waals surface area contributed by atoms with Crippen LogP contribution in [0.1, 0.15) is 34.6 Å². The monoisotopic (exact) mass is 579 g/mol. The van der Waals surface area contributed by atoms with Gasteiger partial charge in [-0.25, -0.2) is 34.3 Å². The second-order valence-electron chi connectivity index (χ2n) is 6.77. The summed E-state index contributed by atoms with van der Waals surface area (Å²) >= 11 is 8.64. The van der Waals surface area contributed by atoms with Gasteiger partial charge in [-0.15, -0.1) is 0 Å². The molecule has 12 nitrogen and oxygen atoms in total. The average molecular weight is 580 g/mol. The van der Waals surface area contributed by atoms with Crippen LogP contribution in [0.4, 0.5) is 22.1 Å². The van der Waals surface area contributed by atoms with Crippen molar-refractivity contribution in [1.29, 1.82) is 0 Å². The third-order valence-corrected chi connectivity index (χ3v) is 5.73. The Kier molecular flexibility index (Phi) is 12.6. The molecule has 0 atom stereocenters. The van der Waals surface area contributed by atoms with E-state index in [4.69, 9.17) is 26.8 Å². The molecule has 0 unspecified atom stereocenters. The molecule has 15 heteroatoms. The van der Waals surface area contributed by atoms with E-state index in [0.29, 0.717) is 27.6 Å². The summed E-state index contributed by atoms with van der Waals surface area (Å²) in [6, 6.07) is 6.21. The molecule has 0 aliphatic heterocycles. The number of para-hydroxylation sites is 1. The summed E-state index contributed by atoms with van der Waals surface area (Å²) in [6.45, 7) is 3.92. The second kappa shape index (κ2) is 15.6. The second-order valence-corrected chi connectivity index (χ2v) is 8.73. The zero-order chi connectivity index (χ0) is 28.1. The number of carbonyl (C=O) groups is 3. The minimum absolute atomic E-state index is 0.0670. The molecular weight excluding hydrogens is 554 g/mol. The summed E-state index contributed by atoms with van der Waals surface area (Å²) in [4.78, 5) is 51.4. The summed E-state index contributed by atoms with van der Waals surface area (Å²) in [5.41, 5.74) is 6.29. The fourth-order valence-electron chi connectivity index (χ4n) is 2.58. The van der Waals surface area contributed by atoms with Crippen LogP contribution >= 0.6 is 35.1 Å². The van der Waals surface area contributed by atoms with Gasteiger partial charge in [0, 0.05) is 12.4 Å². The van der Waals surface area contributed by atoms with Crippen LogP contribution in [-0.2, 0) is 9.47 Å². The standard InChI is InChI=1S/C15H15ClN4O3S.C8H11N3O2S/c1-3-23-13(21)9-8-17-15(24-2)20-12(9)19-14(22)18-11-7-5-4-6-10(11)16;1-3-13-7(12)5-4-10-8(14-2)11-6(5)9/h4-8H,3H2,1-2H3,(H2,17,18,19,20,22);4H,3H2,1-2H3,(H2,9,10,11). The fourth-order valence-corrected chi connectivity index (χ4v) is 3.46. The topological polar surface area (TPSA) is 171 Å². The maximum atomic E-state index is 12.2. The lowest BCUT2D eigenvalue weighted by Gasteiger charge is -2.11. The Hall–Kier alpha value is -3.62. The number of thioether (sulfide) groups is 2. The molecule has 0 saturated heterocycles. The first-order chi connectivity index (χ1) is 18.2. The van der Waals surface area contributed by atoms with Crippen molar-refractivity contribution in [2.24, 2.45) is 0 Å². The minimum Gasteiger partial charge on any atom is -0.462 e. The number of benzene rings is 1. The number of nitrogen functional groups attached to an aromatic ring is 1. The highest BCUT2D eigenvalue weighted by Crippen LogP contribution is 2.22. The molecule has 2 amide bonds. The highest BCUT2D eigenvalue weighted by Gasteiger charge is 2.18. The number of nitrogens with zero attached hydrogens (tertiary/aromatic N) is 4. The normalized spacial score (nSPS) is 10.0. The highest BCUT2D eigenvalue weighted by atomic mass is 35.5. The van der Waals surface area contributed by atoms with Gasteiger partial charge >= 0.3 is 18.0 Å². The van der Waals surface area contributed by atoms with Crippen LogP contribution in [0.5, 0.6) is 0 Å². The van der Waals surface area contributed by atoms with E-state index >= 15 is 0 Å². The Labute approximate surface area is 232 Å². The number of ether oxygens (including phenoxy) is 2. The third kappa shape index (κ3) is 9.04. The molecule has 3 aromatic rings. The van der Waals surface area contributed by atoms with E-state index in [1.807, 2.05) is 6.26 Å². The molecule has 0 aliphatic carbocycles. The van der Waals surface area contributed by atoms with Crippen molar-refractivity contribution in [3.8, 4) is 0 Å². The van der Waals surface area contributed by atoms with Crippen molar-refractivity contribution in [2.75, 3.05) is 42.1 Å². The van der Waals surface area contributed by atoms with Crippen molar-refractivity contribution < 1.29 is 23.9 Å². The number of hydrogen-bond donors (Lipinski definition) is 3. The van der Waals surface area contributed by atoms with E-state index in [1.54, 1.807) is 44.4 Å². The van der Waals surface area contributed by atoms with Crippen LogP contribution in [0.3, 0.4) is 0 Å². The molecule has 1 aromatic carbocycles. The first-order valence-electron chi connectivity index (χ1n) is 11.0. The number of aromatic nitrogens is 4. The molecule has 0 fully saturated rings. The summed E-state index contributed by atoms with van der Waals surface area (Å²) in [5.74, 6) is -0.879. The Balaban J connectivity index is 0.000000308. The Bertz CT molecular complexity index is 1280. The predicted octanol–water partition coefficient (Wildman–Crippen LogP) is 4.63. The van der Waals surface area contributed by atoms with E-state index in [0.717, 1.165) is 0 Å². The van der Waals surface area contributed by atoms with Gasteiger partial charge < -0.3 is 20.5 Å². The third-order valence-electron chi connectivity index (χ3n) is 4.27. The van der Waals surface area contributed by atoms with Crippen LogP contribution < -0.4 is 16.4 Å². The lowest BCUT2D eigenvalue weighted by atomic mass is 10.3. The number of rotatable bonds is 8. The van der Waals surface area contributed by atoms with Gasteiger partial charge in [0.2, 0.25) is 0 Å². The predicted molar refractivity (Wildman–Crippen MR) is 148 cm³/mol. The van der Waals surface area contributed by atoms with E-state index in [9.17, 15) is 14.4 Å². The minimum atomic E-state index is -0.613. The van der Waals surface area contributed by atoms with Gasteiger partial charge in [0.1, 0.15) is 16.9 Å². The van der Waals surface area contributed by atoms with Gasteiger partial charge in [-0.05, 0) is 38.5 Å². The molecule has 202 valence electrons. The number of hydrogen-bond acceptors (Lipinski definition) is 12. The highest BCUT2D eigenvalue weighted by molar-refractivity contribution is 7.98. The van der Waals surface area contributed by atoms with Crippen LogP contribution in [0, 0.1) is 0 Å². The van der Waals surface area contributed by atoms with Gasteiger partial charge in [0.05, 0.1) is 23.9 Å². The quantitative estimate of drug-likeness (QED) is 0.192. The van der Waals surface area contributed by atoms with E-state index in [-0.39, 0.29) is 29.4 Å². The number of halogens is 1. The molecule has 2 aromatic heterocycles. The maximum Gasteiger partial charge on any atom is 0.343 e. The molecule has 0 radical (unpaired) electrons. The van der Waals surface area contributed by atoms with E-state index < -0.39 is 18.0 Å². The summed E-state index contributed by atoms with van der Waals surface area (Å²) < 4.78 is 9.72. The smallest absolute Gasteiger partial charge is 0.343 e. The van der Waals surface area contributed by atoms with Crippen molar-refractivity contribution in [2.45, 2.75) is 24.2 Å². The molecular formula is C23H26ClN7O5S2. The SMILES string of the molecule is CCOC(=O)c1cnc(SC)nc1N.CCOC(=O)c1cnc(SC)nc1NC(=O)Nc1ccccc1Cl. The number of anilines is 3. The van der Waals surface area contributed by atoms with E-state index in [2.05, 4.69) is 30.6 Å². The zero-order valence-electron chi connectivity index (χ0n) is 21.0. The van der Waals surface area contributed by atoms with Crippen molar-refractivity contribution in [1.82, 2.24) is 19.9 Å². The molecule has 2 heterocycles. The van der Waals surface area contributed by atoms with Gasteiger partial charge in [0.25, 0.3) is 0 Å². The fraction of sp³-hybridized carbons (Fsp3) is 0.261. The summed E-state index contributed by atoms with van der Waals surface area (Å²) in [7, 11) is 0. The molecule has 0 aliphatic rings. The van der Waals surface area contributed by atoms with Crippen molar-refractivity contribution in [3.05, 3.63) is 52.8 Å². The van der Waals surface area contributed by atoms with Crippen molar-refractivity contribution >= 4 is 70.4 Å². The molecule has 38 heavy (non-hydrogen) atoms. The molecule has 0 bridgehead atoms. The van der Waals surface area contributed by atoms with Crippen molar-refractivity contribution in [3.63, 3.8) is 0 Å². The summed E-state index contributed by atoms with van der Waals surface area (Å²) in [6.07, 6.45) is 6.32. The number of amides is 2. The van der Waals surface area contributed by atoms with Crippen LogP contribution in [0.25, 0.3) is 0 Å². The maximum absolute atomic E-state index is 12.2. The Morgan fingerprint density at radius 2 is 1.45 bits per heavy atom. The zero-order valence-corrected chi connectivity index (χ0v) is 23.4. The Morgan fingerprint density at radius 3 is 2.00 bits per heavy atom. The molecule has 4 N–H and O–H groups in total. The molecule has 3 rings (SSSR count). The Morgan fingerprint density at radius 1 is 0.895 bits per heavy atom. The van der Waals surface area contributed by atoms with Crippen LogP contribution in [0.15, 0.2) is 47.0 Å². The van der Waals surface area contributed by atoms with Crippen LogP contribution in [-0.4, -0.2) is 63.6 Å². The van der Waals surface area contributed by atoms with Gasteiger partial charge in [-0.3, -0.25) is 5.32 Å². The van der Waals surface area contributed by atoms with E-state index in [1.165, 1.54) is 35.9 Å². The van der Waals surface area contributed by atoms with Gasteiger partial charge in [-0.2, -0.15) is 0 Å². The lowest BCUT2D eigenvalue weighted by Crippen LogP contribution is -2.23. The number of urea groups is 1. The number of nitrogens with one attached hydrogen (secondary N) is 2. The number of nitrogens with two attached hydrogens (primary N) is 1. The van der Waals surface area contributed by atoms with Crippen LogP contribution in [0.2, 0.25) is 5.02 Å². The first kappa shape index (κ1) is 30.6. The summed E-state index contributed by atoms with van der Waals surface area (Å²) in [5, 5.41) is 6.46. The molecule has 0 saturated carbocycles.